The SMILES string of the molecule is CCc1cc(C(=O)OC)cc(CC)c1NC(=O)c1c(COC)n(C)c(C)c(Br)c1=O. The number of pyridine rings is 1. The first kappa shape index (κ1) is 23.8. The molecule has 0 fully saturated rings. The third kappa shape index (κ3) is 4.49. The molecule has 1 heterocycles. The highest BCUT2D eigenvalue weighted by atomic mass is 79.9. The zero-order valence-corrected chi connectivity index (χ0v) is 19.7. The van der Waals surface area contributed by atoms with E-state index in [2.05, 4.69) is 21.2 Å². The minimum absolute atomic E-state index is 0.0259. The van der Waals surface area contributed by atoms with Crippen LogP contribution in [0.2, 0.25) is 0 Å². The lowest BCUT2D eigenvalue weighted by atomic mass is 9.98. The molecule has 8 heteroatoms. The molecule has 0 saturated carbocycles. The van der Waals surface area contributed by atoms with E-state index in [1.807, 2.05) is 13.8 Å². The molecule has 7 nitrogen and oxygen atoms in total. The lowest BCUT2D eigenvalue weighted by molar-refractivity contribution is 0.0600. The van der Waals surface area contributed by atoms with Crippen molar-refractivity contribution in [2.45, 2.75) is 40.2 Å². The Balaban J connectivity index is 2.63. The van der Waals surface area contributed by atoms with Crippen molar-refractivity contribution in [1.82, 2.24) is 4.57 Å². The highest BCUT2D eigenvalue weighted by Gasteiger charge is 2.24. The molecule has 0 aliphatic carbocycles. The van der Waals surface area contributed by atoms with Gasteiger partial charge in [0.05, 0.1) is 29.4 Å². The maximum absolute atomic E-state index is 13.3. The summed E-state index contributed by atoms with van der Waals surface area (Å²) in [6.45, 7) is 5.78. The van der Waals surface area contributed by atoms with E-state index in [-0.39, 0.29) is 12.2 Å². The van der Waals surface area contributed by atoms with Gasteiger partial charge in [-0.15, -0.1) is 0 Å². The van der Waals surface area contributed by atoms with Crippen molar-refractivity contribution in [3.8, 4) is 0 Å². The first-order chi connectivity index (χ1) is 14.2. The number of carbonyl (C=O) groups is 2. The highest BCUT2D eigenvalue weighted by Crippen LogP contribution is 2.27. The van der Waals surface area contributed by atoms with E-state index in [0.717, 1.165) is 11.1 Å². The standard InChI is InChI=1S/C22H27BrN2O5/c1-7-13-9-15(22(28)30-6)10-14(8-2)19(13)24-21(27)17-16(11-29-5)25(4)12(3)18(23)20(17)26/h9-10H,7-8,11H2,1-6H3,(H,24,27). The Morgan fingerprint density at radius 3 is 2.17 bits per heavy atom. The van der Waals surface area contributed by atoms with Gasteiger partial charge in [0.1, 0.15) is 5.56 Å². The van der Waals surface area contributed by atoms with E-state index in [1.165, 1.54) is 14.2 Å². The number of benzene rings is 1. The van der Waals surface area contributed by atoms with Crippen molar-refractivity contribution in [1.29, 1.82) is 0 Å². The lowest BCUT2D eigenvalue weighted by Crippen LogP contribution is -2.29. The Kier molecular flexibility index (Phi) is 7.97. The average Bonchev–Trinajstić information content (AvgIpc) is 2.75. The number of aryl methyl sites for hydroxylation is 2. The smallest absolute Gasteiger partial charge is 0.337 e. The van der Waals surface area contributed by atoms with E-state index < -0.39 is 17.3 Å². The number of amides is 1. The van der Waals surface area contributed by atoms with Crippen LogP contribution < -0.4 is 10.7 Å². The van der Waals surface area contributed by atoms with Crippen LogP contribution in [0.4, 0.5) is 5.69 Å². The summed E-state index contributed by atoms with van der Waals surface area (Å²) in [5.41, 5.74) is 3.45. The summed E-state index contributed by atoms with van der Waals surface area (Å²) in [5.74, 6) is -0.949. The predicted octanol–water partition coefficient (Wildman–Crippen LogP) is 3.77. The van der Waals surface area contributed by atoms with Gasteiger partial charge in [0.25, 0.3) is 5.91 Å². The van der Waals surface area contributed by atoms with Crippen LogP contribution in [-0.4, -0.2) is 30.7 Å². The quantitative estimate of drug-likeness (QED) is 0.612. The van der Waals surface area contributed by atoms with Crippen LogP contribution in [-0.2, 0) is 36.0 Å². The fraction of sp³-hybridized carbons (Fsp3) is 0.409. The van der Waals surface area contributed by atoms with Gasteiger partial charge in [0.2, 0.25) is 5.43 Å². The van der Waals surface area contributed by atoms with Gasteiger partial charge in [-0.1, -0.05) is 13.8 Å². The lowest BCUT2D eigenvalue weighted by Gasteiger charge is -2.20. The van der Waals surface area contributed by atoms with E-state index in [0.29, 0.717) is 40.0 Å². The fourth-order valence-electron chi connectivity index (χ4n) is 3.36. The number of aromatic nitrogens is 1. The molecular formula is C22H27BrN2O5. The summed E-state index contributed by atoms with van der Waals surface area (Å²) in [6.07, 6.45) is 1.18. The Hall–Kier alpha value is -2.45. The van der Waals surface area contributed by atoms with Gasteiger partial charge < -0.3 is 19.4 Å². The first-order valence-corrected chi connectivity index (χ1v) is 10.4. The monoisotopic (exact) mass is 478 g/mol. The van der Waals surface area contributed by atoms with E-state index >= 15 is 0 Å². The summed E-state index contributed by atoms with van der Waals surface area (Å²) in [6, 6.07) is 3.42. The van der Waals surface area contributed by atoms with E-state index in [1.54, 1.807) is 30.7 Å². The predicted molar refractivity (Wildman–Crippen MR) is 119 cm³/mol. The molecule has 0 aliphatic heterocycles. The number of hydrogen-bond donors (Lipinski definition) is 1. The number of carbonyl (C=O) groups excluding carboxylic acids is 2. The van der Waals surface area contributed by atoms with Gasteiger partial charge in [0.15, 0.2) is 0 Å². The molecule has 0 saturated heterocycles. The minimum Gasteiger partial charge on any atom is -0.465 e. The Morgan fingerprint density at radius 1 is 1.13 bits per heavy atom. The topological polar surface area (TPSA) is 86.6 Å². The molecular weight excluding hydrogens is 452 g/mol. The van der Waals surface area contributed by atoms with Crippen molar-refractivity contribution in [3.05, 3.63) is 60.5 Å². The Bertz CT molecular complexity index is 1020. The second-order valence-electron chi connectivity index (χ2n) is 6.86. The molecule has 1 aromatic heterocycles. The number of nitrogens with one attached hydrogen (secondary N) is 1. The van der Waals surface area contributed by atoms with Crippen LogP contribution in [0.15, 0.2) is 21.4 Å². The normalized spacial score (nSPS) is 10.8. The molecule has 0 atom stereocenters. The molecule has 0 bridgehead atoms. The fourth-order valence-corrected chi connectivity index (χ4v) is 3.82. The minimum atomic E-state index is -0.515. The van der Waals surface area contributed by atoms with E-state index in [9.17, 15) is 14.4 Å². The molecule has 162 valence electrons. The summed E-state index contributed by atoms with van der Waals surface area (Å²) < 4.78 is 12.2. The zero-order valence-electron chi connectivity index (χ0n) is 18.1. The van der Waals surface area contributed by atoms with Gasteiger partial charge in [-0.3, -0.25) is 9.59 Å². The van der Waals surface area contributed by atoms with Crippen molar-refractivity contribution >= 4 is 33.5 Å². The van der Waals surface area contributed by atoms with Crippen LogP contribution in [0.25, 0.3) is 0 Å². The molecule has 2 aromatic rings. The first-order valence-electron chi connectivity index (χ1n) is 9.63. The van der Waals surface area contributed by atoms with Gasteiger partial charge in [-0.2, -0.15) is 0 Å². The summed E-state index contributed by atoms with van der Waals surface area (Å²) in [7, 11) is 4.63. The molecule has 2 rings (SSSR count). The largest absolute Gasteiger partial charge is 0.465 e. The molecule has 0 spiro atoms. The summed E-state index contributed by atoms with van der Waals surface area (Å²) in [5, 5.41) is 2.91. The molecule has 30 heavy (non-hydrogen) atoms. The van der Waals surface area contributed by atoms with Gasteiger partial charge in [0, 0.05) is 25.5 Å². The van der Waals surface area contributed by atoms with Crippen molar-refractivity contribution < 1.29 is 19.1 Å². The highest BCUT2D eigenvalue weighted by molar-refractivity contribution is 9.10. The molecule has 1 N–H and O–H groups in total. The number of anilines is 1. The zero-order chi connectivity index (χ0) is 22.6. The van der Waals surface area contributed by atoms with Crippen LogP contribution in [0, 0.1) is 6.92 Å². The van der Waals surface area contributed by atoms with Crippen LogP contribution in [0.1, 0.15) is 57.1 Å². The molecule has 1 aromatic carbocycles. The number of rotatable bonds is 7. The number of ether oxygens (including phenoxy) is 2. The van der Waals surface area contributed by atoms with Crippen molar-refractivity contribution in [2.75, 3.05) is 19.5 Å². The summed E-state index contributed by atoms with van der Waals surface area (Å²) in [4.78, 5) is 38.2. The Morgan fingerprint density at radius 2 is 1.70 bits per heavy atom. The molecule has 0 aliphatic rings. The second kappa shape index (κ2) is 10.0. The number of methoxy groups -OCH3 is 2. The third-order valence-corrected chi connectivity index (χ3v) is 6.11. The van der Waals surface area contributed by atoms with Crippen LogP contribution in [0.5, 0.6) is 0 Å². The van der Waals surface area contributed by atoms with E-state index in [4.69, 9.17) is 9.47 Å². The van der Waals surface area contributed by atoms with Gasteiger partial charge in [-0.05, 0) is 59.0 Å². The maximum Gasteiger partial charge on any atom is 0.337 e. The van der Waals surface area contributed by atoms with Gasteiger partial charge in [-0.25, -0.2) is 4.79 Å². The van der Waals surface area contributed by atoms with Crippen molar-refractivity contribution in [2.24, 2.45) is 7.05 Å². The molecule has 0 unspecified atom stereocenters. The summed E-state index contributed by atoms with van der Waals surface area (Å²) >= 11 is 3.30. The molecule has 1 amide bonds. The number of nitrogens with zero attached hydrogens (tertiary/aromatic N) is 1. The third-order valence-electron chi connectivity index (χ3n) is 5.17. The second-order valence-corrected chi connectivity index (χ2v) is 7.66. The molecule has 0 radical (unpaired) electrons. The number of hydrogen-bond acceptors (Lipinski definition) is 5. The van der Waals surface area contributed by atoms with Crippen molar-refractivity contribution in [3.63, 3.8) is 0 Å². The van der Waals surface area contributed by atoms with Crippen LogP contribution in [0.3, 0.4) is 0 Å². The number of halogens is 1. The van der Waals surface area contributed by atoms with Crippen LogP contribution >= 0.6 is 15.9 Å². The Labute approximate surface area is 184 Å². The maximum atomic E-state index is 13.3. The average molecular weight is 479 g/mol. The van der Waals surface area contributed by atoms with Gasteiger partial charge >= 0.3 is 5.97 Å². The number of esters is 1.